The molecule has 0 unspecified atom stereocenters. The fraction of sp³-hybridized carbons (Fsp3) is 0.353. The molecule has 4 heteroatoms. The fourth-order valence-electron chi connectivity index (χ4n) is 2.06. The van der Waals surface area contributed by atoms with Crippen LogP contribution in [0, 0.1) is 5.82 Å². The van der Waals surface area contributed by atoms with Gasteiger partial charge < -0.3 is 9.47 Å². The number of unbranched alkanes of at least 4 members (excludes halogenated alkanes) is 1. The average molecular weight is 290 g/mol. The van der Waals surface area contributed by atoms with Crippen molar-refractivity contribution in [1.29, 1.82) is 0 Å². The minimum absolute atomic E-state index is 0.203. The Balaban J connectivity index is 1.98. The highest BCUT2D eigenvalue weighted by molar-refractivity contribution is 6.04. The molecule has 0 atom stereocenters. The SMILES string of the molecule is CCCCOCCOC(=O)c1ccc(F)c2ccccc12. The first-order valence-electron chi connectivity index (χ1n) is 7.16. The van der Waals surface area contributed by atoms with Crippen LogP contribution in [0.25, 0.3) is 10.8 Å². The Morgan fingerprint density at radius 3 is 2.57 bits per heavy atom. The molecule has 2 aromatic carbocycles. The van der Waals surface area contributed by atoms with Crippen molar-refractivity contribution >= 4 is 16.7 Å². The summed E-state index contributed by atoms with van der Waals surface area (Å²) >= 11 is 0. The molecule has 112 valence electrons. The van der Waals surface area contributed by atoms with Gasteiger partial charge in [0.05, 0.1) is 12.2 Å². The zero-order valence-electron chi connectivity index (χ0n) is 12.1. The molecule has 0 aliphatic heterocycles. The summed E-state index contributed by atoms with van der Waals surface area (Å²) in [6.07, 6.45) is 2.07. The van der Waals surface area contributed by atoms with Gasteiger partial charge in [0.1, 0.15) is 12.4 Å². The fourth-order valence-corrected chi connectivity index (χ4v) is 2.06. The molecule has 0 bridgehead atoms. The number of carbonyl (C=O) groups is 1. The summed E-state index contributed by atoms with van der Waals surface area (Å²) in [5, 5.41) is 0.987. The van der Waals surface area contributed by atoms with Gasteiger partial charge in [0.25, 0.3) is 0 Å². The Morgan fingerprint density at radius 1 is 1.05 bits per heavy atom. The number of ether oxygens (including phenoxy) is 2. The highest BCUT2D eigenvalue weighted by Crippen LogP contribution is 2.22. The van der Waals surface area contributed by atoms with Crippen molar-refractivity contribution in [2.24, 2.45) is 0 Å². The van der Waals surface area contributed by atoms with Crippen LogP contribution < -0.4 is 0 Å². The Hall–Kier alpha value is -1.94. The van der Waals surface area contributed by atoms with Crippen molar-refractivity contribution in [2.75, 3.05) is 19.8 Å². The van der Waals surface area contributed by atoms with Gasteiger partial charge in [-0.2, -0.15) is 0 Å². The van der Waals surface area contributed by atoms with Crippen LogP contribution in [0.15, 0.2) is 36.4 Å². The molecule has 2 aromatic rings. The summed E-state index contributed by atoms with van der Waals surface area (Å²) in [5.41, 5.74) is 0.376. The average Bonchev–Trinajstić information content (AvgIpc) is 2.51. The second-order valence-electron chi connectivity index (χ2n) is 4.74. The molecule has 0 saturated carbocycles. The molecule has 0 aliphatic rings. The van der Waals surface area contributed by atoms with Crippen molar-refractivity contribution < 1.29 is 18.7 Å². The van der Waals surface area contributed by atoms with Gasteiger partial charge in [0, 0.05) is 12.0 Å². The van der Waals surface area contributed by atoms with Crippen LogP contribution in [0.2, 0.25) is 0 Å². The number of benzene rings is 2. The lowest BCUT2D eigenvalue weighted by Crippen LogP contribution is -2.11. The Labute approximate surface area is 123 Å². The number of hydrogen-bond acceptors (Lipinski definition) is 3. The Kier molecular flexibility index (Phi) is 5.69. The lowest BCUT2D eigenvalue weighted by Gasteiger charge is -2.08. The second-order valence-corrected chi connectivity index (χ2v) is 4.74. The number of rotatable bonds is 7. The molecule has 0 radical (unpaired) electrons. The summed E-state index contributed by atoms with van der Waals surface area (Å²) in [6, 6.07) is 9.62. The zero-order chi connectivity index (χ0) is 15.1. The zero-order valence-corrected chi connectivity index (χ0v) is 12.1. The molecule has 0 spiro atoms. The van der Waals surface area contributed by atoms with E-state index in [9.17, 15) is 9.18 Å². The van der Waals surface area contributed by atoms with E-state index < -0.39 is 5.97 Å². The third-order valence-electron chi connectivity index (χ3n) is 3.19. The third-order valence-corrected chi connectivity index (χ3v) is 3.19. The summed E-state index contributed by atoms with van der Waals surface area (Å²) in [4.78, 5) is 12.1. The Morgan fingerprint density at radius 2 is 1.81 bits per heavy atom. The van der Waals surface area contributed by atoms with Gasteiger partial charge in [-0.25, -0.2) is 9.18 Å². The number of esters is 1. The molecule has 2 rings (SSSR count). The minimum atomic E-state index is -0.453. The van der Waals surface area contributed by atoms with Crippen molar-refractivity contribution in [3.63, 3.8) is 0 Å². The number of carbonyl (C=O) groups excluding carboxylic acids is 1. The van der Waals surface area contributed by atoms with Crippen LogP contribution in [0.3, 0.4) is 0 Å². The molecule has 21 heavy (non-hydrogen) atoms. The van der Waals surface area contributed by atoms with Crippen LogP contribution in [0.1, 0.15) is 30.1 Å². The summed E-state index contributed by atoms with van der Waals surface area (Å²) in [7, 11) is 0. The van der Waals surface area contributed by atoms with Crippen LogP contribution in [-0.2, 0) is 9.47 Å². The molecule has 3 nitrogen and oxygen atoms in total. The van der Waals surface area contributed by atoms with Gasteiger partial charge in [0.15, 0.2) is 0 Å². The number of hydrogen-bond donors (Lipinski definition) is 0. The molecule has 0 N–H and O–H groups in total. The van der Waals surface area contributed by atoms with Crippen molar-refractivity contribution in [3.05, 3.63) is 47.8 Å². The summed E-state index contributed by atoms with van der Waals surface area (Å²) in [6.45, 7) is 3.34. The maximum Gasteiger partial charge on any atom is 0.338 e. The quantitative estimate of drug-likeness (QED) is 0.572. The van der Waals surface area contributed by atoms with Crippen LogP contribution >= 0.6 is 0 Å². The van der Waals surface area contributed by atoms with Crippen molar-refractivity contribution in [2.45, 2.75) is 19.8 Å². The molecule has 0 amide bonds. The standard InChI is InChI=1S/C17H19FO3/c1-2-3-10-20-11-12-21-17(19)15-8-9-16(18)14-7-5-4-6-13(14)15/h4-9H,2-3,10-12H2,1H3. The van der Waals surface area contributed by atoms with Gasteiger partial charge in [-0.3, -0.25) is 0 Å². The molecule has 0 aliphatic carbocycles. The molecule has 0 aromatic heterocycles. The maximum absolute atomic E-state index is 13.7. The van der Waals surface area contributed by atoms with Crippen molar-refractivity contribution in [3.8, 4) is 0 Å². The van der Waals surface area contributed by atoms with Gasteiger partial charge in [0.2, 0.25) is 0 Å². The predicted octanol–water partition coefficient (Wildman–Crippen LogP) is 3.95. The topological polar surface area (TPSA) is 35.5 Å². The summed E-state index contributed by atoms with van der Waals surface area (Å²) < 4.78 is 24.2. The van der Waals surface area contributed by atoms with Crippen molar-refractivity contribution in [1.82, 2.24) is 0 Å². The van der Waals surface area contributed by atoms with Gasteiger partial charge in [-0.1, -0.05) is 37.6 Å². The smallest absolute Gasteiger partial charge is 0.338 e. The summed E-state index contributed by atoms with van der Waals surface area (Å²) in [5.74, 6) is -0.796. The highest BCUT2D eigenvalue weighted by atomic mass is 19.1. The molecular formula is C17H19FO3. The van der Waals surface area contributed by atoms with E-state index in [1.165, 1.54) is 12.1 Å². The third kappa shape index (κ3) is 4.02. The van der Waals surface area contributed by atoms with E-state index in [0.29, 0.717) is 29.5 Å². The second kappa shape index (κ2) is 7.74. The van der Waals surface area contributed by atoms with Crippen LogP contribution in [-0.4, -0.2) is 25.8 Å². The minimum Gasteiger partial charge on any atom is -0.460 e. The van der Waals surface area contributed by atoms with E-state index >= 15 is 0 Å². The monoisotopic (exact) mass is 290 g/mol. The van der Waals surface area contributed by atoms with E-state index in [0.717, 1.165) is 12.8 Å². The Bertz CT molecular complexity index is 610. The number of halogens is 1. The predicted molar refractivity (Wildman–Crippen MR) is 79.9 cm³/mol. The van der Waals surface area contributed by atoms with E-state index in [1.54, 1.807) is 24.3 Å². The van der Waals surface area contributed by atoms with Gasteiger partial charge >= 0.3 is 5.97 Å². The van der Waals surface area contributed by atoms with E-state index in [2.05, 4.69) is 6.92 Å². The molecule has 0 heterocycles. The van der Waals surface area contributed by atoms with E-state index in [1.807, 2.05) is 0 Å². The van der Waals surface area contributed by atoms with Crippen LogP contribution in [0.4, 0.5) is 4.39 Å². The lowest BCUT2D eigenvalue weighted by molar-refractivity contribution is 0.0316. The van der Waals surface area contributed by atoms with E-state index in [4.69, 9.17) is 9.47 Å². The normalized spacial score (nSPS) is 10.8. The molecule has 0 saturated heterocycles. The van der Waals surface area contributed by atoms with Gasteiger partial charge in [-0.15, -0.1) is 0 Å². The maximum atomic E-state index is 13.7. The molecular weight excluding hydrogens is 271 g/mol. The van der Waals surface area contributed by atoms with Gasteiger partial charge in [-0.05, 0) is 23.9 Å². The van der Waals surface area contributed by atoms with E-state index in [-0.39, 0.29) is 12.4 Å². The first-order chi connectivity index (χ1) is 10.2. The highest BCUT2D eigenvalue weighted by Gasteiger charge is 2.13. The molecule has 0 fully saturated rings. The first kappa shape index (κ1) is 15.4. The number of fused-ring (bicyclic) bond motifs is 1. The largest absolute Gasteiger partial charge is 0.460 e. The lowest BCUT2D eigenvalue weighted by atomic mass is 10.0. The van der Waals surface area contributed by atoms with Crippen LogP contribution in [0.5, 0.6) is 0 Å². The first-order valence-corrected chi connectivity index (χ1v) is 7.16.